The Bertz CT molecular complexity index is 833. The lowest BCUT2D eigenvalue weighted by Gasteiger charge is -2.17. The van der Waals surface area contributed by atoms with Crippen LogP contribution in [0.15, 0.2) is 48.5 Å². The Hall–Kier alpha value is -3.02. The van der Waals surface area contributed by atoms with Gasteiger partial charge in [0.15, 0.2) is 0 Å². The Morgan fingerprint density at radius 3 is 2.24 bits per heavy atom. The number of likely N-dealkylation sites (tertiary alicyclic amines) is 1. The lowest BCUT2D eigenvalue weighted by molar-refractivity contribution is -0.128. The molecular weight excluding hydrogens is 364 g/mol. The van der Waals surface area contributed by atoms with Gasteiger partial charge in [-0.05, 0) is 55.8 Å². The van der Waals surface area contributed by atoms with Gasteiger partial charge in [0.25, 0.3) is 0 Å². The second kappa shape index (κ2) is 9.45. The summed E-state index contributed by atoms with van der Waals surface area (Å²) in [5.74, 6) is -0.218. The van der Waals surface area contributed by atoms with E-state index in [-0.39, 0.29) is 17.7 Å². The number of hydrogen-bond acceptors (Lipinski definition) is 4. The van der Waals surface area contributed by atoms with Gasteiger partial charge in [0.1, 0.15) is 0 Å². The molecule has 2 N–H and O–H groups in total. The van der Waals surface area contributed by atoms with Crippen LogP contribution >= 0.6 is 0 Å². The third kappa shape index (κ3) is 5.28. The van der Waals surface area contributed by atoms with Crippen LogP contribution in [0, 0.1) is 5.92 Å². The molecule has 6 heteroatoms. The van der Waals surface area contributed by atoms with Crippen molar-refractivity contribution in [1.82, 2.24) is 10.2 Å². The average Bonchev–Trinajstić information content (AvgIpc) is 3.13. The van der Waals surface area contributed by atoms with Crippen molar-refractivity contribution in [3.05, 3.63) is 54.1 Å². The maximum Gasteiger partial charge on any atom is 0.225 e. The minimum absolute atomic E-state index is 0.0476. The van der Waals surface area contributed by atoms with Crippen LogP contribution in [-0.4, -0.2) is 43.4 Å². The highest BCUT2D eigenvalue weighted by molar-refractivity contribution is 5.89. The van der Waals surface area contributed by atoms with E-state index in [0.29, 0.717) is 26.1 Å². The van der Waals surface area contributed by atoms with Gasteiger partial charge in [-0.3, -0.25) is 9.59 Å². The summed E-state index contributed by atoms with van der Waals surface area (Å²) in [7, 11) is 2.07. The number of hydrogen-bond donors (Lipinski definition) is 2. The molecule has 3 rings (SSSR count). The number of benzene rings is 2. The first-order valence-corrected chi connectivity index (χ1v) is 10.2. The van der Waals surface area contributed by atoms with E-state index in [0.717, 1.165) is 23.5 Å². The zero-order chi connectivity index (χ0) is 20.8. The van der Waals surface area contributed by atoms with Crippen LogP contribution in [-0.2, 0) is 16.1 Å². The zero-order valence-electron chi connectivity index (χ0n) is 17.4. The number of carbonyl (C=O) groups is 2. The van der Waals surface area contributed by atoms with Gasteiger partial charge in [-0.2, -0.15) is 0 Å². The second-order valence-electron chi connectivity index (χ2n) is 7.43. The lowest BCUT2D eigenvalue weighted by Crippen LogP contribution is -2.32. The van der Waals surface area contributed by atoms with Gasteiger partial charge in [-0.15, -0.1) is 0 Å². The molecule has 1 heterocycles. The first-order chi connectivity index (χ1) is 14.0. The molecule has 2 amide bonds. The van der Waals surface area contributed by atoms with Crippen LogP contribution in [0.2, 0.25) is 0 Å². The number of rotatable bonds is 8. The predicted octanol–water partition coefficient (Wildman–Crippen LogP) is 3.37. The molecule has 1 unspecified atom stereocenters. The van der Waals surface area contributed by atoms with Crippen molar-refractivity contribution < 1.29 is 9.59 Å². The fourth-order valence-electron chi connectivity index (χ4n) is 3.44. The minimum Gasteiger partial charge on any atom is -0.375 e. The topological polar surface area (TPSA) is 64.7 Å². The molecule has 0 spiro atoms. The summed E-state index contributed by atoms with van der Waals surface area (Å²) >= 11 is 0. The average molecular weight is 395 g/mol. The molecule has 1 aliphatic rings. The summed E-state index contributed by atoms with van der Waals surface area (Å²) in [6, 6.07) is 16.3. The van der Waals surface area contributed by atoms with Crippen molar-refractivity contribution in [3.8, 4) is 0 Å². The zero-order valence-corrected chi connectivity index (χ0v) is 17.4. The molecule has 0 bridgehead atoms. The largest absolute Gasteiger partial charge is 0.375 e. The van der Waals surface area contributed by atoms with Crippen LogP contribution in [0.5, 0.6) is 0 Å². The van der Waals surface area contributed by atoms with Gasteiger partial charge < -0.3 is 20.4 Å². The molecule has 1 fully saturated rings. The lowest BCUT2D eigenvalue weighted by atomic mass is 10.1. The SMILES string of the molecule is CCN1CC(C(=O)NCc2ccc(Nc3ccc(N(C)CC)cc3)cc2)CC1=O. The smallest absolute Gasteiger partial charge is 0.225 e. The van der Waals surface area contributed by atoms with E-state index in [1.807, 2.05) is 31.2 Å². The molecule has 1 atom stereocenters. The number of anilines is 3. The monoisotopic (exact) mass is 394 g/mol. The Morgan fingerprint density at radius 1 is 1.07 bits per heavy atom. The van der Waals surface area contributed by atoms with Crippen molar-refractivity contribution in [2.24, 2.45) is 5.92 Å². The van der Waals surface area contributed by atoms with E-state index in [2.05, 4.69) is 53.8 Å². The van der Waals surface area contributed by atoms with Crippen LogP contribution in [0.3, 0.4) is 0 Å². The van der Waals surface area contributed by atoms with E-state index in [9.17, 15) is 9.59 Å². The molecule has 1 aliphatic heterocycles. The summed E-state index contributed by atoms with van der Waals surface area (Å²) in [4.78, 5) is 28.0. The first-order valence-electron chi connectivity index (χ1n) is 10.2. The number of nitrogens with zero attached hydrogens (tertiary/aromatic N) is 2. The highest BCUT2D eigenvalue weighted by Gasteiger charge is 2.33. The predicted molar refractivity (Wildman–Crippen MR) is 117 cm³/mol. The highest BCUT2D eigenvalue weighted by atomic mass is 16.2. The molecule has 6 nitrogen and oxygen atoms in total. The van der Waals surface area contributed by atoms with Crippen LogP contribution in [0.25, 0.3) is 0 Å². The van der Waals surface area contributed by atoms with Crippen molar-refractivity contribution in [1.29, 1.82) is 0 Å². The first kappa shape index (κ1) is 20.7. The summed E-state index contributed by atoms with van der Waals surface area (Å²) in [5, 5.41) is 6.35. The normalized spacial score (nSPS) is 16.0. The molecule has 29 heavy (non-hydrogen) atoms. The third-order valence-corrected chi connectivity index (χ3v) is 5.46. The Labute approximate surface area is 172 Å². The third-order valence-electron chi connectivity index (χ3n) is 5.46. The van der Waals surface area contributed by atoms with Crippen molar-refractivity contribution in [2.45, 2.75) is 26.8 Å². The Balaban J connectivity index is 1.50. The van der Waals surface area contributed by atoms with E-state index in [1.54, 1.807) is 4.90 Å². The van der Waals surface area contributed by atoms with Crippen LogP contribution < -0.4 is 15.5 Å². The highest BCUT2D eigenvalue weighted by Crippen LogP contribution is 2.21. The molecule has 2 aromatic rings. The van der Waals surface area contributed by atoms with Gasteiger partial charge >= 0.3 is 0 Å². The molecule has 0 aliphatic carbocycles. The standard InChI is InChI=1S/C23H30N4O2/c1-4-26(3)21-12-10-20(11-13-21)25-19-8-6-17(7-9-19)15-24-23(29)18-14-22(28)27(5-2)16-18/h6-13,18,25H,4-5,14-16H2,1-3H3,(H,24,29). The number of nitrogens with one attached hydrogen (secondary N) is 2. The summed E-state index contributed by atoms with van der Waals surface area (Å²) in [5.41, 5.74) is 4.25. The summed E-state index contributed by atoms with van der Waals surface area (Å²) < 4.78 is 0. The summed E-state index contributed by atoms with van der Waals surface area (Å²) in [6.07, 6.45) is 0.315. The number of carbonyl (C=O) groups excluding carboxylic acids is 2. The van der Waals surface area contributed by atoms with Gasteiger partial charge in [-0.25, -0.2) is 0 Å². The van der Waals surface area contributed by atoms with E-state index in [1.165, 1.54) is 5.69 Å². The van der Waals surface area contributed by atoms with Gasteiger partial charge in [-0.1, -0.05) is 12.1 Å². The molecular formula is C23H30N4O2. The summed E-state index contributed by atoms with van der Waals surface area (Å²) in [6.45, 7) is 6.69. The van der Waals surface area contributed by atoms with E-state index < -0.39 is 0 Å². The van der Waals surface area contributed by atoms with Gasteiger partial charge in [0.2, 0.25) is 11.8 Å². The van der Waals surface area contributed by atoms with Gasteiger partial charge in [0.05, 0.1) is 5.92 Å². The van der Waals surface area contributed by atoms with Crippen LogP contribution in [0.4, 0.5) is 17.1 Å². The van der Waals surface area contributed by atoms with Crippen molar-refractivity contribution >= 4 is 28.9 Å². The Kier molecular flexibility index (Phi) is 6.75. The van der Waals surface area contributed by atoms with E-state index >= 15 is 0 Å². The Morgan fingerprint density at radius 2 is 1.69 bits per heavy atom. The quantitative estimate of drug-likeness (QED) is 0.721. The molecule has 0 radical (unpaired) electrons. The fraction of sp³-hybridized carbons (Fsp3) is 0.391. The molecule has 1 saturated heterocycles. The van der Waals surface area contributed by atoms with E-state index in [4.69, 9.17) is 0 Å². The maximum absolute atomic E-state index is 12.3. The fourth-order valence-corrected chi connectivity index (χ4v) is 3.44. The molecule has 0 saturated carbocycles. The van der Waals surface area contributed by atoms with Gasteiger partial charge in [0, 0.05) is 56.7 Å². The van der Waals surface area contributed by atoms with Crippen molar-refractivity contribution in [3.63, 3.8) is 0 Å². The second-order valence-corrected chi connectivity index (χ2v) is 7.43. The minimum atomic E-state index is -0.238. The molecule has 0 aromatic heterocycles. The molecule has 154 valence electrons. The maximum atomic E-state index is 12.3. The number of amides is 2. The van der Waals surface area contributed by atoms with Crippen molar-refractivity contribution in [2.75, 3.05) is 36.9 Å². The molecule has 2 aromatic carbocycles. The van der Waals surface area contributed by atoms with Crippen LogP contribution in [0.1, 0.15) is 25.8 Å².